The van der Waals surface area contributed by atoms with E-state index < -0.39 is 42.4 Å². The third kappa shape index (κ3) is 8.81. The number of aliphatic hydroxyl groups excluding tert-OH is 2. The minimum Gasteiger partial charge on any atom is -0.444 e. The van der Waals surface area contributed by atoms with Crippen LogP contribution in [0.1, 0.15) is 54.0 Å². The van der Waals surface area contributed by atoms with Crippen LogP contribution >= 0.6 is 0 Å². The van der Waals surface area contributed by atoms with Gasteiger partial charge < -0.3 is 29.9 Å². The van der Waals surface area contributed by atoms with Crippen molar-refractivity contribution in [2.24, 2.45) is 5.92 Å². The molecule has 5 rings (SSSR count). The summed E-state index contributed by atoms with van der Waals surface area (Å²) in [6, 6.07) is 26.0. The molecule has 2 aliphatic rings. The second-order valence-corrected chi connectivity index (χ2v) is 12.1. The quantitative estimate of drug-likeness (QED) is 0.263. The van der Waals surface area contributed by atoms with Crippen molar-refractivity contribution in [3.05, 3.63) is 113 Å². The van der Waals surface area contributed by atoms with Crippen LogP contribution in [0.2, 0.25) is 0 Å². The van der Waals surface area contributed by atoms with E-state index in [2.05, 4.69) is 5.32 Å². The van der Waals surface area contributed by atoms with Crippen LogP contribution in [-0.4, -0.2) is 71.7 Å². The highest BCUT2D eigenvalue weighted by molar-refractivity contribution is 5.86. The predicted molar refractivity (Wildman–Crippen MR) is 173 cm³/mol. The molecule has 3 N–H and O–H groups in total. The third-order valence-electron chi connectivity index (χ3n) is 8.83. The summed E-state index contributed by atoms with van der Waals surface area (Å²) >= 11 is 0. The van der Waals surface area contributed by atoms with E-state index in [0.29, 0.717) is 38.9 Å². The van der Waals surface area contributed by atoms with E-state index in [0.717, 1.165) is 28.7 Å². The normalized spacial score (nSPS) is 21.4. The van der Waals surface area contributed by atoms with Crippen LogP contribution in [0.15, 0.2) is 91.0 Å². The Morgan fingerprint density at radius 3 is 2.49 bits per heavy atom. The Morgan fingerprint density at radius 2 is 1.76 bits per heavy atom. The molecular weight excluding hydrogens is 568 g/mol. The summed E-state index contributed by atoms with van der Waals surface area (Å²) in [5.74, 6) is -0.625. The van der Waals surface area contributed by atoms with Crippen molar-refractivity contribution in [3.8, 4) is 0 Å². The number of rotatable bonds is 12. The molecule has 1 heterocycles. The van der Waals surface area contributed by atoms with E-state index in [1.165, 1.54) is 4.90 Å². The molecule has 2 amide bonds. The van der Waals surface area contributed by atoms with Crippen LogP contribution < -0.4 is 5.32 Å². The number of aliphatic hydroxyl groups is 2. The lowest BCUT2D eigenvalue weighted by Gasteiger charge is -2.33. The number of fused-ring (bicyclic) bond motifs is 1. The SMILES string of the molecule is CN(C(=O)[C@@H](C[C@H](O)[C@@H](CC=Cc1ccccc1)Cc1ccccc1)NC(=O)O[C@@H]1CCCOC1)[C@H]1c2ccccc2C[C@H]1O. The number of alkyl carbamates (subject to hydrolysis) is 1. The van der Waals surface area contributed by atoms with Crippen molar-refractivity contribution in [2.45, 2.75) is 68.9 Å². The lowest BCUT2D eigenvalue weighted by molar-refractivity contribution is -0.137. The third-order valence-corrected chi connectivity index (χ3v) is 8.83. The number of benzene rings is 3. The molecule has 238 valence electrons. The largest absolute Gasteiger partial charge is 0.444 e. The first kappa shape index (κ1) is 32.4. The predicted octanol–water partition coefficient (Wildman–Crippen LogP) is 5.09. The number of hydrogen-bond acceptors (Lipinski definition) is 6. The van der Waals surface area contributed by atoms with Gasteiger partial charge in [-0.1, -0.05) is 97.1 Å². The fraction of sp³-hybridized carbons (Fsp3) is 0.405. The van der Waals surface area contributed by atoms with Gasteiger partial charge in [0.05, 0.1) is 24.9 Å². The van der Waals surface area contributed by atoms with Crippen molar-refractivity contribution >= 4 is 18.1 Å². The van der Waals surface area contributed by atoms with Crippen molar-refractivity contribution in [2.75, 3.05) is 20.3 Å². The molecule has 3 aromatic carbocycles. The molecule has 0 saturated carbocycles. The second kappa shape index (κ2) is 15.8. The van der Waals surface area contributed by atoms with Gasteiger partial charge in [0.25, 0.3) is 0 Å². The maximum Gasteiger partial charge on any atom is 0.408 e. The molecular formula is C37H44N2O6. The Bertz CT molecular complexity index is 1410. The number of amides is 2. The fourth-order valence-corrected chi connectivity index (χ4v) is 6.43. The van der Waals surface area contributed by atoms with E-state index >= 15 is 0 Å². The molecule has 1 aliphatic heterocycles. The molecule has 8 nitrogen and oxygen atoms in total. The van der Waals surface area contributed by atoms with Crippen LogP contribution in [0.3, 0.4) is 0 Å². The molecule has 3 aromatic rings. The zero-order valence-corrected chi connectivity index (χ0v) is 25.8. The molecule has 0 radical (unpaired) electrons. The van der Waals surface area contributed by atoms with Gasteiger partial charge in [-0.2, -0.15) is 0 Å². The highest BCUT2D eigenvalue weighted by atomic mass is 16.6. The van der Waals surface area contributed by atoms with Gasteiger partial charge >= 0.3 is 6.09 Å². The number of nitrogens with one attached hydrogen (secondary N) is 1. The topological polar surface area (TPSA) is 108 Å². The van der Waals surface area contributed by atoms with E-state index in [4.69, 9.17) is 9.47 Å². The number of nitrogens with zero attached hydrogens (tertiary/aromatic N) is 1. The molecule has 0 aromatic heterocycles. The number of allylic oxidation sites excluding steroid dienone is 1. The highest BCUT2D eigenvalue weighted by Gasteiger charge is 2.39. The number of ether oxygens (including phenoxy) is 2. The summed E-state index contributed by atoms with van der Waals surface area (Å²) < 4.78 is 11.1. The van der Waals surface area contributed by atoms with E-state index in [1.54, 1.807) is 7.05 Å². The second-order valence-electron chi connectivity index (χ2n) is 12.1. The van der Waals surface area contributed by atoms with Crippen LogP contribution in [0.5, 0.6) is 0 Å². The van der Waals surface area contributed by atoms with Crippen LogP contribution in [0.4, 0.5) is 4.79 Å². The van der Waals surface area contributed by atoms with Crippen molar-refractivity contribution < 1.29 is 29.3 Å². The van der Waals surface area contributed by atoms with E-state index in [-0.39, 0.29) is 12.3 Å². The number of carbonyl (C=O) groups is 2. The van der Waals surface area contributed by atoms with Gasteiger partial charge in [-0.3, -0.25) is 4.79 Å². The molecule has 45 heavy (non-hydrogen) atoms. The van der Waals surface area contributed by atoms with Crippen molar-refractivity contribution in [3.63, 3.8) is 0 Å². The zero-order valence-electron chi connectivity index (χ0n) is 25.8. The van der Waals surface area contributed by atoms with Gasteiger partial charge in [0.1, 0.15) is 12.1 Å². The van der Waals surface area contributed by atoms with Gasteiger partial charge in [-0.05, 0) is 53.9 Å². The van der Waals surface area contributed by atoms with E-state index in [1.807, 2.05) is 97.1 Å². The summed E-state index contributed by atoms with van der Waals surface area (Å²) in [5, 5.41) is 25.4. The van der Waals surface area contributed by atoms with Crippen LogP contribution in [-0.2, 0) is 27.1 Å². The average molecular weight is 613 g/mol. The lowest BCUT2D eigenvalue weighted by atomic mass is 9.87. The van der Waals surface area contributed by atoms with Gasteiger partial charge in [0.15, 0.2) is 0 Å². The number of carbonyl (C=O) groups excluding carboxylic acids is 2. The molecule has 0 bridgehead atoms. The maximum absolute atomic E-state index is 14.1. The minimum atomic E-state index is -1.07. The molecule has 6 atom stereocenters. The first-order chi connectivity index (χ1) is 21.9. The van der Waals surface area contributed by atoms with E-state index in [9.17, 15) is 19.8 Å². The van der Waals surface area contributed by atoms with Gasteiger partial charge in [0, 0.05) is 26.5 Å². The Labute approximate surface area is 265 Å². The fourth-order valence-electron chi connectivity index (χ4n) is 6.43. The monoisotopic (exact) mass is 612 g/mol. The Balaban J connectivity index is 1.35. The summed E-state index contributed by atoms with van der Waals surface area (Å²) in [5.41, 5.74) is 4.01. The van der Waals surface area contributed by atoms with Gasteiger partial charge in [-0.25, -0.2) is 4.79 Å². The van der Waals surface area contributed by atoms with Gasteiger partial charge in [0.2, 0.25) is 5.91 Å². The van der Waals surface area contributed by atoms with Crippen molar-refractivity contribution in [1.82, 2.24) is 10.2 Å². The van der Waals surface area contributed by atoms with Crippen molar-refractivity contribution in [1.29, 1.82) is 0 Å². The molecule has 8 heteroatoms. The average Bonchev–Trinajstić information content (AvgIpc) is 3.40. The molecule has 1 aliphatic carbocycles. The highest BCUT2D eigenvalue weighted by Crippen LogP contribution is 2.36. The van der Waals surface area contributed by atoms with Crippen LogP contribution in [0, 0.1) is 5.92 Å². The number of likely N-dealkylation sites (N-methyl/N-ethyl adjacent to an activating group) is 1. The number of hydrogen-bond donors (Lipinski definition) is 3. The molecule has 1 fully saturated rings. The lowest BCUT2D eigenvalue weighted by Crippen LogP contribution is -2.52. The molecule has 0 unspecified atom stereocenters. The molecule has 1 saturated heterocycles. The summed E-state index contributed by atoms with van der Waals surface area (Å²) in [6.07, 6.45) is 4.33. The smallest absolute Gasteiger partial charge is 0.408 e. The summed E-state index contributed by atoms with van der Waals surface area (Å²) in [6.45, 7) is 0.943. The maximum atomic E-state index is 14.1. The summed E-state index contributed by atoms with van der Waals surface area (Å²) in [7, 11) is 1.64. The first-order valence-electron chi connectivity index (χ1n) is 15.9. The summed E-state index contributed by atoms with van der Waals surface area (Å²) in [4.78, 5) is 28.7. The first-order valence-corrected chi connectivity index (χ1v) is 15.9. The Hall–Kier alpha value is -3.98. The molecule has 0 spiro atoms. The van der Waals surface area contributed by atoms with Crippen LogP contribution in [0.25, 0.3) is 6.08 Å². The Kier molecular flexibility index (Phi) is 11.4. The Morgan fingerprint density at radius 1 is 1.04 bits per heavy atom. The zero-order chi connectivity index (χ0) is 31.6. The minimum absolute atomic E-state index is 0.0133. The standard InChI is InChI=1S/C37H44N2O6/c1-39(35-31-20-9-8-17-28(31)23-34(35)41)36(42)32(38-37(43)45-30-19-11-21-44-25-30)24-33(40)29(22-27-14-6-3-7-15-27)18-10-16-26-12-4-2-5-13-26/h2-10,12-17,20,29-30,32-35,40-41H,11,18-19,21-25H2,1H3,(H,38,43)/t29-,30+,32+,33-,34+,35-/m0/s1. The van der Waals surface area contributed by atoms with Gasteiger partial charge in [-0.15, -0.1) is 0 Å².